The zero-order valence-corrected chi connectivity index (χ0v) is 18.2. The van der Waals surface area contributed by atoms with Crippen LogP contribution in [0.25, 0.3) is 0 Å². The van der Waals surface area contributed by atoms with Crippen molar-refractivity contribution in [3.8, 4) is 0 Å². The van der Waals surface area contributed by atoms with E-state index in [9.17, 15) is 0 Å². The molecule has 3 rings (SSSR count). The van der Waals surface area contributed by atoms with Gasteiger partial charge in [0.05, 0.1) is 6.54 Å². The molecule has 2 aromatic rings. The van der Waals surface area contributed by atoms with Gasteiger partial charge in [-0.2, -0.15) is 5.10 Å². The zero-order chi connectivity index (χ0) is 20.5. The number of halogens is 1. The number of guanidine groups is 1. The highest BCUT2D eigenvalue weighted by molar-refractivity contribution is 6.31. The van der Waals surface area contributed by atoms with Gasteiger partial charge in [0, 0.05) is 74.5 Å². The van der Waals surface area contributed by atoms with E-state index in [1.165, 1.54) is 5.69 Å². The number of benzene rings is 1. The van der Waals surface area contributed by atoms with Gasteiger partial charge in [-0.15, -0.1) is 0 Å². The summed E-state index contributed by atoms with van der Waals surface area (Å²) in [5.41, 5.74) is 2.29. The summed E-state index contributed by atoms with van der Waals surface area (Å²) in [6, 6.07) is 8.09. The third-order valence-corrected chi connectivity index (χ3v) is 5.45. The third-order valence-electron chi connectivity index (χ3n) is 5.09. The summed E-state index contributed by atoms with van der Waals surface area (Å²) in [6.07, 6.45) is 4.77. The van der Waals surface area contributed by atoms with Gasteiger partial charge >= 0.3 is 0 Å². The molecule has 7 nitrogen and oxygen atoms in total. The number of piperazine rings is 1. The van der Waals surface area contributed by atoms with Crippen LogP contribution in [0.3, 0.4) is 0 Å². The Labute approximate surface area is 178 Å². The number of anilines is 1. The fourth-order valence-corrected chi connectivity index (χ4v) is 3.66. The zero-order valence-electron chi connectivity index (χ0n) is 17.4. The number of nitrogens with one attached hydrogen (secondary N) is 2. The van der Waals surface area contributed by atoms with Crippen LogP contribution in [0.1, 0.15) is 18.9 Å². The molecule has 0 aliphatic carbocycles. The number of aromatic nitrogens is 2. The maximum absolute atomic E-state index is 6.56. The first kappa shape index (κ1) is 21.5. The van der Waals surface area contributed by atoms with Crippen LogP contribution >= 0.6 is 11.6 Å². The fraction of sp³-hybridized carbons (Fsp3) is 0.524. The van der Waals surface area contributed by atoms with E-state index >= 15 is 0 Å². The second-order valence-corrected chi connectivity index (χ2v) is 7.68. The van der Waals surface area contributed by atoms with Crippen molar-refractivity contribution in [3.63, 3.8) is 0 Å². The Hall–Kier alpha value is -2.25. The van der Waals surface area contributed by atoms with Gasteiger partial charge in [0.2, 0.25) is 0 Å². The highest BCUT2D eigenvalue weighted by Crippen LogP contribution is 2.29. The van der Waals surface area contributed by atoms with Gasteiger partial charge in [0.15, 0.2) is 5.96 Å². The first-order chi connectivity index (χ1) is 14.2. The molecule has 0 atom stereocenters. The van der Waals surface area contributed by atoms with Crippen molar-refractivity contribution in [1.82, 2.24) is 25.3 Å². The molecule has 0 amide bonds. The van der Waals surface area contributed by atoms with E-state index in [0.29, 0.717) is 6.54 Å². The van der Waals surface area contributed by atoms with Gasteiger partial charge in [-0.3, -0.25) is 4.68 Å². The Morgan fingerprint density at radius 3 is 2.72 bits per heavy atom. The summed E-state index contributed by atoms with van der Waals surface area (Å²) in [4.78, 5) is 9.57. The molecule has 1 aromatic heterocycles. The molecule has 0 bridgehead atoms. The van der Waals surface area contributed by atoms with Crippen molar-refractivity contribution in [1.29, 1.82) is 0 Å². The number of aliphatic imine (C=N–C) groups is 1. The van der Waals surface area contributed by atoms with Crippen molar-refractivity contribution in [2.24, 2.45) is 4.99 Å². The Morgan fingerprint density at radius 1 is 1.17 bits per heavy atom. The summed E-state index contributed by atoms with van der Waals surface area (Å²) in [6.45, 7) is 9.32. The summed E-state index contributed by atoms with van der Waals surface area (Å²) in [5.74, 6) is 0.817. The Balaban J connectivity index is 1.62. The van der Waals surface area contributed by atoms with E-state index in [1.54, 1.807) is 6.20 Å². The first-order valence-corrected chi connectivity index (χ1v) is 10.8. The normalized spacial score (nSPS) is 15.6. The molecule has 2 N–H and O–H groups in total. The second kappa shape index (κ2) is 11.1. The van der Waals surface area contributed by atoms with E-state index < -0.39 is 0 Å². The topological polar surface area (TPSA) is 60.7 Å². The number of hydrogen-bond donors (Lipinski definition) is 2. The summed E-state index contributed by atoms with van der Waals surface area (Å²) in [5, 5.41) is 11.7. The lowest BCUT2D eigenvalue weighted by molar-refractivity contribution is 0.312. The lowest BCUT2D eigenvalue weighted by Crippen LogP contribution is -2.44. The molecule has 0 radical (unpaired) electrons. The van der Waals surface area contributed by atoms with Gasteiger partial charge in [0.25, 0.3) is 0 Å². The van der Waals surface area contributed by atoms with Crippen molar-refractivity contribution in [3.05, 3.63) is 47.2 Å². The smallest absolute Gasteiger partial charge is 0.191 e. The van der Waals surface area contributed by atoms with Crippen LogP contribution in [-0.4, -0.2) is 67.0 Å². The highest BCUT2D eigenvalue weighted by atomic mass is 35.5. The van der Waals surface area contributed by atoms with E-state index in [0.717, 1.165) is 68.8 Å². The minimum Gasteiger partial charge on any atom is -0.369 e. The van der Waals surface area contributed by atoms with Gasteiger partial charge < -0.3 is 20.4 Å². The Kier molecular flexibility index (Phi) is 8.19. The lowest BCUT2D eigenvalue weighted by Gasteiger charge is -2.35. The van der Waals surface area contributed by atoms with Crippen LogP contribution in [0.4, 0.5) is 5.69 Å². The van der Waals surface area contributed by atoms with Gasteiger partial charge in [-0.25, -0.2) is 4.99 Å². The fourth-order valence-electron chi connectivity index (χ4n) is 3.43. The Morgan fingerprint density at radius 2 is 2.00 bits per heavy atom. The van der Waals surface area contributed by atoms with Crippen molar-refractivity contribution < 1.29 is 0 Å². The number of nitrogens with zero attached hydrogens (tertiary/aromatic N) is 5. The lowest BCUT2D eigenvalue weighted by atomic mass is 10.1. The molecule has 0 spiro atoms. The van der Waals surface area contributed by atoms with Crippen LogP contribution in [0.2, 0.25) is 5.02 Å². The molecule has 8 heteroatoms. The Bertz CT molecular complexity index is 767. The van der Waals surface area contributed by atoms with Crippen molar-refractivity contribution in [2.45, 2.75) is 26.4 Å². The predicted molar refractivity (Wildman–Crippen MR) is 121 cm³/mol. The quantitative estimate of drug-likeness (QED) is 0.392. The van der Waals surface area contributed by atoms with Crippen LogP contribution < -0.4 is 15.5 Å². The van der Waals surface area contributed by atoms with Crippen LogP contribution in [0, 0.1) is 0 Å². The minimum atomic E-state index is 0.551. The molecule has 2 heterocycles. The molecular weight excluding hydrogens is 386 g/mol. The summed E-state index contributed by atoms with van der Waals surface area (Å²) >= 11 is 6.56. The SMILES string of the molecule is CCNC(=NCc1c(Cl)cccc1N1CCN(C)CC1)NCCCn1cccn1. The third kappa shape index (κ3) is 6.37. The summed E-state index contributed by atoms with van der Waals surface area (Å²) < 4.78 is 1.94. The average Bonchev–Trinajstić information content (AvgIpc) is 3.24. The maximum atomic E-state index is 6.56. The first-order valence-electron chi connectivity index (χ1n) is 10.4. The van der Waals surface area contributed by atoms with Gasteiger partial charge in [-0.05, 0) is 38.6 Å². The number of hydrogen-bond acceptors (Lipinski definition) is 4. The van der Waals surface area contributed by atoms with E-state index in [4.69, 9.17) is 16.6 Å². The minimum absolute atomic E-state index is 0.551. The highest BCUT2D eigenvalue weighted by Gasteiger charge is 2.18. The van der Waals surface area contributed by atoms with E-state index in [2.05, 4.69) is 45.6 Å². The molecule has 0 saturated carbocycles. The standard InChI is InChI=1S/C21H32ClN7/c1-3-23-21(24-9-5-11-29-12-6-10-26-29)25-17-18-19(22)7-4-8-20(18)28-15-13-27(2)14-16-28/h4,6-8,10,12H,3,5,9,11,13-17H2,1-2H3,(H2,23,24,25). The second-order valence-electron chi connectivity index (χ2n) is 7.27. The number of rotatable bonds is 8. The molecule has 1 fully saturated rings. The van der Waals surface area contributed by atoms with Crippen LogP contribution in [0.5, 0.6) is 0 Å². The molecule has 29 heavy (non-hydrogen) atoms. The van der Waals surface area contributed by atoms with Gasteiger partial charge in [-0.1, -0.05) is 17.7 Å². The molecule has 1 aliphatic rings. The van der Waals surface area contributed by atoms with Crippen molar-refractivity contribution in [2.75, 3.05) is 51.2 Å². The summed E-state index contributed by atoms with van der Waals surface area (Å²) in [7, 11) is 2.17. The van der Waals surface area contributed by atoms with Crippen LogP contribution in [0.15, 0.2) is 41.7 Å². The maximum Gasteiger partial charge on any atom is 0.191 e. The predicted octanol–water partition coefficient (Wildman–Crippen LogP) is 2.43. The molecule has 1 aliphatic heterocycles. The van der Waals surface area contributed by atoms with Crippen molar-refractivity contribution >= 4 is 23.2 Å². The van der Waals surface area contributed by atoms with Crippen LogP contribution in [-0.2, 0) is 13.1 Å². The molecule has 1 aromatic carbocycles. The largest absolute Gasteiger partial charge is 0.369 e. The van der Waals surface area contributed by atoms with E-state index in [1.807, 2.05) is 29.1 Å². The average molecular weight is 418 g/mol. The molecule has 158 valence electrons. The molecule has 0 unspecified atom stereocenters. The van der Waals surface area contributed by atoms with E-state index in [-0.39, 0.29) is 0 Å². The number of aryl methyl sites for hydroxylation is 1. The van der Waals surface area contributed by atoms with Gasteiger partial charge in [0.1, 0.15) is 0 Å². The molecule has 1 saturated heterocycles. The monoisotopic (exact) mass is 417 g/mol. The number of likely N-dealkylation sites (N-methyl/N-ethyl adjacent to an activating group) is 1. The molecular formula is C21H32ClN7.